The Morgan fingerprint density at radius 3 is 3.14 bits per heavy atom. The summed E-state index contributed by atoms with van der Waals surface area (Å²) in [6.07, 6.45) is 7.20. The average molecular weight is 312 g/mol. The fourth-order valence-corrected chi connectivity index (χ4v) is 4.02. The van der Waals surface area contributed by atoms with Gasteiger partial charge in [0.1, 0.15) is 11.8 Å². The number of carbonyl (C=O) groups excluding carboxylic acids is 1. The van der Waals surface area contributed by atoms with E-state index in [1.54, 1.807) is 24.2 Å². The molecule has 1 aliphatic carbocycles. The quantitative estimate of drug-likeness (QED) is 0.588. The maximum Gasteiger partial charge on any atom is 0.326 e. The summed E-state index contributed by atoms with van der Waals surface area (Å²) in [5.74, 6) is 1.13. The lowest BCUT2D eigenvalue weighted by Gasteiger charge is -2.34. The van der Waals surface area contributed by atoms with Crippen molar-refractivity contribution in [1.29, 1.82) is 0 Å². The summed E-state index contributed by atoms with van der Waals surface area (Å²) in [6.45, 7) is 5.11. The van der Waals surface area contributed by atoms with Gasteiger partial charge in [-0.15, -0.1) is 0 Å². The van der Waals surface area contributed by atoms with Gasteiger partial charge in [-0.3, -0.25) is 4.79 Å². The maximum atomic E-state index is 12.4. The molecule has 0 radical (unpaired) electrons. The lowest BCUT2D eigenvalue weighted by Crippen LogP contribution is -2.55. The van der Waals surface area contributed by atoms with Crippen molar-refractivity contribution in [2.75, 3.05) is 18.9 Å². The number of ether oxygens (including phenoxy) is 1. The minimum atomic E-state index is -0.498. The second-order valence-electron chi connectivity index (χ2n) is 5.25. The zero-order chi connectivity index (χ0) is 15.1. The zero-order valence-electron chi connectivity index (χ0n) is 12.8. The van der Waals surface area contributed by atoms with Crippen LogP contribution in [0.25, 0.3) is 0 Å². The Morgan fingerprint density at radius 2 is 2.48 bits per heavy atom. The number of likely N-dealkylation sites (N-methyl/N-ethyl adjacent to an activating group) is 1. The van der Waals surface area contributed by atoms with Gasteiger partial charge in [0, 0.05) is 5.75 Å². The molecule has 2 unspecified atom stereocenters. The summed E-state index contributed by atoms with van der Waals surface area (Å²) < 4.78 is 10.6. The number of thioether (sulfide) groups is 1. The molecular weight excluding hydrogens is 288 g/mol. The standard InChI is InChI=1S/C15H24N2O3S/c1-3-17-15(13(18)19-4-2)8-5-6-12(15)7-11-21-14-16-9-10-20-14/h9-10,12,17H,3-8,11H2,1-2H3. The van der Waals surface area contributed by atoms with Crippen LogP contribution in [0.3, 0.4) is 0 Å². The van der Waals surface area contributed by atoms with Crippen LogP contribution >= 0.6 is 11.8 Å². The van der Waals surface area contributed by atoms with Crippen LogP contribution in [0.2, 0.25) is 0 Å². The third kappa shape index (κ3) is 3.80. The fraction of sp³-hybridized carbons (Fsp3) is 0.733. The summed E-state index contributed by atoms with van der Waals surface area (Å²) in [5, 5.41) is 4.11. The van der Waals surface area contributed by atoms with Crippen molar-refractivity contribution >= 4 is 17.7 Å². The highest BCUT2D eigenvalue weighted by Gasteiger charge is 2.49. The predicted molar refractivity (Wildman–Crippen MR) is 82.2 cm³/mol. The summed E-state index contributed by atoms with van der Waals surface area (Å²) in [5.41, 5.74) is -0.498. The number of carbonyl (C=O) groups is 1. The summed E-state index contributed by atoms with van der Waals surface area (Å²) >= 11 is 1.60. The van der Waals surface area contributed by atoms with Gasteiger partial charge in [0.05, 0.1) is 12.8 Å². The molecule has 5 nitrogen and oxygen atoms in total. The molecule has 0 spiro atoms. The Kier molecular flexibility index (Phi) is 6.11. The average Bonchev–Trinajstić information content (AvgIpc) is 3.11. The number of esters is 1. The first-order valence-electron chi connectivity index (χ1n) is 7.67. The van der Waals surface area contributed by atoms with Crippen molar-refractivity contribution in [1.82, 2.24) is 10.3 Å². The number of aromatic nitrogens is 1. The second kappa shape index (κ2) is 7.84. The van der Waals surface area contributed by atoms with E-state index in [1.165, 1.54) is 0 Å². The molecular formula is C15H24N2O3S. The third-order valence-corrected chi connectivity index (χ3v) is 4.94. The molecule has 1 N–H and O–H groups in total. The first kappa shape index (κ1) is 16.4. The van der Waals surface area contributed by atoms with Gasteiger partial charge in [0.25, 0.3) is 5.22 Å². The third-order valence-electron chi connectivity index (χ3n) is 4.05. The van der Waals surface area contributed by atoms with E-state index in [0.717, 1.165) is 38.0 Å². The maximum absolute atomic E-state index is 12.4. The van der Waals surface area contributed by atoms with Gasteiger partial charge in [0.15, 0.2) is 0 Å². The van der Waals surface area contributed by atoms with E-state index >= 15 is 0 Å². The minimum Gasteiger partial charge on any atom is -0.465 e. The SMILES string of the molecule is CCNC1(C(=O)OCC)CCCC1CCSc1ncco1. The number of nitrogens with one attached hydrogen (secondary N) is 1. The molecule has 0 bridgehead atoms. The van der Waals surface area contributed by atoms with E-state index in [0.29, 0.717) is 17.7 Å². The number of hydrogen-bond donors (Lipinski definition) is 1. The van der Waals surface area contributed by atoms with Gasteiger partial charge in [-0.1, -0.05) is 25.1 Å². The summed E-state index contributed by atoms with van der Waals surface area (Å²) in [7, 11) is 0. The molecule has 0 aromatic carbocycles. The Bertz CT molecular complexity index is 438. The Morgan fingerprint density at radius 1 is 1.62 bits per heavy atom. The number of nitrogens with zero attached hydrogens (tertiary/aromatic N) is 1. The molecule has 1 aliphatic rings. The van der Waals surface area contributed by atoms with Gasteiger partial charge >= 0.3 is 5.97 Å². The van der Waals surface area contributed by atoms with Crippen molar-refractivity contribution in [3.8, 4) is 0 Å². The summed E-state index contributed by atoms with van der Waals surface area (Å²) in [6, 6.07) is 0. The monoisotopic (exact) mass is 312 g/mol. The van der Waals surface area contributed by atoms with Gasteiger partial charge in [0.2, 0.25) is 0 Å². The van der Waals surface area contributed by atoms with Crippen LogP contribution in [0, 0.1) is 5.92 Å². The largest absolute Gasteiger partial charge is 0.465 e. The molecule has 118 valence electrons. The summed E-state index contributed by atoms with van der Waals surface area (Å²) in [4.78, 5) is 16.5. The predicted octanol–water partition coefficient (Wildman–Crippen LogP) is 2.87. The van der Waals surface area contributed by atoms with E-state index in [-0.39, 0.29) is 5.97 Å². The van der Waals surface area contributed by atoms with Crippen molar-refractivity contribution in [2.45, 2.75) is 50.3 Å². The van der Waals surface area contributed by atoms with Gasteiger partial charge in [-0.25, -0.2) is 4.98 Å². The smallest absolute Gasteiger partial charge is 0.326 e. The first-order valence-corrected chi connectivity index (χ1v) is 8.66. The van der Waals surface area contributed by atoms with Crippen LogP contribution in [0.1, 0.15) is 39.5 Å². The lowest BCUT2D eigenvalue weighted by molar-refractivity contribution is -0.153. The first-order chi connectivity index (χ1) is 10.2. The van der Waals surface area contributed by atoms with Gasteiger partial charge in [-0.05, 0) is 38.6 Å². The fourth-order valence-electron chi connectivity index (χ4n) is 3.19. The molecule has 6 heteroatoms. The van der Waals surface area contributed by atoms with Crippen molar-refractivity contribution in [3.63, 3.8) is 0 Å². The van der Waals surface area contributed by atoms with Gasteiger partial charge in [-0.2, -0.15) is 0 Å². The number of oxazole rings is 1. The molecule has 2 atom stereocenters. The molecule has 1 heterocycles. The van der Waals surface area contributed by atoms with Crippen LogP contribution in [-0.2, 0) is 9.53 Å². The topological polar surface area (TPSA) is 64.4 Å². The molecule has 0 aliphatic heterocycles. The highest BCUT2D eigenvalue weighted by atomic mass is 32.2. The van der Waals surface area contributed by atoms with Crippen LogP contribution in [-0.4, -0.2) is 35.4 Å². The highest BCUT2D eigenvalue weighted by molar-refractivity contribution is 7.99. The molecule has 1 saturated carbocycles. The van der Waals surface area contributed by atoms with E-state index in [9.17, 15) is 4.79 Å². The van der Waals surface area contributed by atoms with E-state index < -0.39 is 5.54 Å². The molecule has 1 aromatic rings. The Labute approximate surface area is 130 Å². The Balaban J connectivity index is 1.96. The lowest BCUT2D eigenvalue weighted by atomic mass is 9.85. The molecule has 0 amide bonds. The molecule has 21 heavy (non-hydrogen) atoms. The zero-order valence-corrected chi connectivity index (χ0v) is 13.6. The van der Waals surface area contributed by atoms with Crippen molar-refractivity contribution < 1.29 is 13.9 Å². The molecule has 0 saturated heterocycles. The normalized spacial score (nSPS) is 25.1. The number of rotatable bonds is 8. The van der Waals surface area contributed by atoms with E-state index in [1.807, 2.05) is 13.8 Å². The van der Waals surface area contributed by atoms with Crippen LogP contribution in [0.5, 0.6) is 0 Å². The van der Waals surface area contributed by atoms with Crippen LogP contribution < -0.4 is 5.32 Å². The molecule has 2 rings (SSSR count). The molecule has 1 fully saturated rings. The minimum absolute atomic E-state index is 0.0875. The highest BCUT2D eigenvalue weighted by Crippen LogP contribution is 2.40. The Hall–Kier alpha value is -1.01. The van der Waals surface area contributed by atoms with Gasteiger partial charge < -0.3 is 14.5 Å². The number of hydrogen-bond acceptors (Lipinski definition) is 6. The van der Waals surface area contributed by atoms with Crippen LogP contribution in [0.15, 0.2) is 22.1 Å². The van der Waals surface area contributed by atoms with E-state index in [2.05, 4.69) is 10.3 Å². The van der Waals surface area contributed by atoms with E-state index in [4.69, 9.17) is 9.15 Å². The molecule has 1 aromatic heterocycles. The second-order valence-corrected chi connectivity index (χ2v) is 6.29. The van der Waals surface area contributed by atoms with Crippen molar-refractivity contribution in [3.05, 3.63) is 12.5 Å². The van der Waals surface area contributed by atoms with Crippen LogP contribution in [0.4, 0.5) is 0 Å². The van der Waals surface area contributed by atoms with Crippen molar-refractivity contribution in [2.24, 2.45) is 5.92 Å².